The van der Waals surface area contributed by atoms with Gasteiger partial charge in [0.2, 0.25) is 0 Å². The zero-order valence-corrected chi connectivity index (χ0v) is 5.22. The van der Waals surface area contributed by atoms with Crippen molar-refractivity contribution in [2.45, 2.75) is 0 Å². The monoisotopic (exact) mass is 128 g/mol. The Morgan fingerprint density at radius 2 is 2.44 bits per heavy atom. The van der Waals surface area contributed by atoms with Gasteiger partial charge in [-0.05, 0) is 6.92 Å². The van der Waals surface area contributed by atoms with Crippen LogP contribution in [0.5, 0.6) is 0 Å². The molecule has 0 aliphatic carbocycles. The first-order chi connectivity index (χ1) is 4.34. The van der Waals surface area contributed by atoms with Crippen molar-refractivity contribution in [3.8, 4) is 0 Å². The molecule has 3 heteroatoms. The Kier molecular flexibility index (Phi) is 2.05. The second-order valence-corrected chi connectivity index (χ2v) is 2.02. The van der Waals surface area contributed by atoms with Crippen LogP contribution in [0.2, 0.25) is 0 Å². The van der Waals surface area contributed by atoms with E-state index in [1.54, 1.807) is 0 Å². The van der Waals surface area contributed by atoms with E-state index in [1.807, 2.05) is 0 Å². The summed E-state index contributed by atoms with van der Waals surface area (Å²) in [6.45, 7) is 5.17. The zero-order valence-electron chi connectivity index (χ0n) is 5.22. The topological polar surface area (TPSA) is 38.3 Å². The number of nitrogens with one attached hydrogen (secondary N) is 1. The van der Waals surface area contributed by atoms with Crippen LogP contribution in [0.25, 0.3) is 0 Å². The molecule has 1 rings (SSSR count). The summed E-state index contributed by atoms with van der Waals surface area (Å²) >= 11 is 0. The summed E-state index contributed by atoms with van der Waals surface area (Å²) in [5, 5.41) is 2.98. The van der Waals surface area contributed by atoms with Crippen LogP contribution < -0.4 is 5.32 Å². The lowest BCUT2D eigenvalue weighted by atomic mass is 10.0. The van der Waals surface area contributed by atoms with Gasteiger partial charge < -0.3 is 10.1 Å². The summed E-state index contributed by atoms with van der Waals surface area (Å²) < 4.78 is 4.66. The Morgan fingerprint density at radius 1 is 1.78 bits per heavy atom. The lowest BCUT2D eigenvalue weighted by Gasteiger charge is -2.24. The minimum atomic E-state index is -0.122. The highest BCUT2D eigenvalue weighted by Crippen LogP contribution is 2.04. The van der Waals surface area contributed by atoms with Gasteiger partial charge in [-0.2, -0.15) is 0 Å². The third kappa shape index (κ3) is 1.42. The molecule has 51 valence electrons. The van der Waals surface area contributed by atoms with Gasteiger partial charge in [-0.3, -0.25) is 4.79 Å². The number of esters is 1. The molecule has 0 atom stereocenters. The number of carbonyl (C=O) groups excluding carboxylic acids is 1. The molecule has 0 amide bonds. The fourth-order valence-electron chi connectivity index (χ4n) is 0.674. The van der Waals surface area contributed by atoms with E-state index in [2.05, 4.69) is 17.0 Å². The van der Waals surface area contributed by atoms with Crippen molar-refractivity contribution < 1.29 is 9.53 Å². The van der Waals surface area contributed by atoms with Crippen LogP contribution in [0, 0.1) is 12.8 Å². The van der Waals surface area contributed by atoms with E-state index in [9.17, 15) is 4.79 Å². The highest BCUT2D eigenvalue weighted by molar-refractivity contribution is 5.73. The van der Waals surface area contributed by atoms with Gasteiger partial charge >= 0.3 is 5.97 Å². The maximum Gasteiger partial charge on any atom is 0.311 e. The van der Waals surface area contributed by atoms with Crippen LogP contribution in [0.1, 0.15) is 0 Å². The smallest absolute Gasteiger partial charge is 0.311 e. The van der Waals surface area contributed by atoms with Gasteiger partial charge in [0.05, 0.1) is 12.5 Å². The standard InChI is InChI=1S/C6H10NO2/c1-2-9-6(8)5-3-7-4-5/h5,7H,1-4H2. The molecule has 1 heterocycles. The lowest BCUT2D eigenvalue weighted by Crippen LogP contribution is -2.47. The summed E-state index contributed by atoms with van der Waals surface area (Å²) in [5.74, 6) is -0.0319. The third-order valence-electron chi connectivity index (χ3n) is 1.36. The van der Waals surface area contributed by atoms with Crippen LogP contribution in [0.4, 0.5) is 0 Å². The second-order valence-electron chi connectivity index (χ2n) is 2.02. The maximum atomic E-state index is 10.7. The molecule has 1 radical (unpaired) electrons. The van der Waals surface area contributed by atoms with Gasteiger partial charge in [0.25, 0.3) is 0 Å². The van der Waals surface area contributed by atoms with E-state index in [1.165, 1.54) is 0 Å². The van der Waals surface area contributed by atoms with E-state index < -0.39 is 0 Å². The highest BCUT2D eigenvalue weighted by atomic mass is 16.5. The average molecular weight is 128 g/mol. The Labute approximate surface area is 54.4 Å². The predicted molar refractivity (Wildman–Crippen MR) is 32.7 cm³/mol. The minimum absolute atomic E-state index is 0.0896. The van der Waals surface area contributed by atoms with Crippen LogP contribution in [-0.2, 0) is 9.53 Å². The fourth-order valence-corrected chi connectivity index (χ4v) is 0.674. The summed E-state index contributed by atoms with van der Waals surface area (Å²) in [5.41, 5.74) is 0. The number of hydrogen-bond acceptors (Lipinski definition) is 3. The van der Waals surface area contributed by atoms with Gasteiger partial charge in [-0.15, -0.1) is 0 Å². The van der Waals surface area contributed by atoms with Crippen molar-refractivity contribution in [2.75, 3.05) is 19.7 Å². The molecule has 1 aliphatic rings. The molecular formula is C6H10NO2. The Hall–Kier alpha value is -0.570. The van der Waals surface area contributed by atoms with Crippen molar-refractivity contribution in [3.63, 3.8) is 0 Å². The van der Waals surface area contributed by atoms with Gasteiger partial charge in [0.15, 0.2) is 0 Å². The molecule has 0 unspecified atom stereocenters. The van der Waals surface area contributed by atoms with Crippen LogP contribution in [0.3, 0.4) is 0 Å². The van der Waals surface area contributed by atoms with Crippen LogP contribution >= 0.6 is 0 Å². The van der Waals surface area contributed by atoms with Crippen molar-refractivity contribution >= 4 is 5.97 Å². The van der Waals surface area contributed by atoms with Crippen molar-refractivity contribution in [2.24, 2.45) is 5.92 Å². The number of carbonyl (C=O) groups is 1. The summed E-state index contributed by atoms with van der Waals surface area (Å²) in [4.78, 5) is 10.7. The molecule has 1 aliphatic heterocycles. The molecule has 1 N–H and O–H groups in total. The third-order valence-corrected chi connectivity index (χ3v) is 1.36. The quantitative estimate of drug-likeness (QED) is 0.513. The van der Waals surface area contributed by atoms with Gasteiger partial charge in [-0.1, -0.05) is 0 Å². The highest BCUT2D eigenvalue weighted by Gasteiger charge is 2.25. The maximum absolute atomic E-state index is 10.7. The molecule has 3 nitrogen and oxygen atoms in total. The molecule has 0 saturated carbocycles. The Morgan fingerprint density at radius 3 is 2.78 bits per heavy atom. The van der Waals surface area contributed by atoms with E-state index in [0.717, 1.165) is 13.1 Å². The largest absolute Gasteiger partial charge is 0.465 e. The SMILES string of the molecule is [CH2]COC(=O)C1CNC1. The Bertz CT molecular complexity index is 110. The number of rotatable bonds is 2. The van der Waals surface area contributed by atoms with E-state index >= 15 is 0 Å². The predicted octanol–water partition coefficient (Wildman–Crippen LogP) is -0.417. The number of ether oxygens (including phenoxy) is 1. The first-order valence-electron chi connectivity index (χ1n) is 3.01. The van der Waals surface area contributed by atoms with Crippen molar-refractivity contribution in [1.29, 1.82) is 0 Å². The number of hydrogen-bond donors (Lipinski definition) is 1. The molecule has 0 spiro atoms. The zero-order chi connectivity index (χ0) is 6.69. The molecule has 0 aromatic carbocycles. The van der Waals surface area contributed by atoms with E-state index in [-0.39, 0.29) is 18.5 Å². The molecule has 1 fully saturated rings. The average Bonchev–Trinajstić information content (AvgIpc) is 1.60. The van der Waals surface area contributed by atoms with Crippen molar-refractivity contribution in [1.82, 2.24) is 5.32 Å². The molecule has 1 saturated heterocycles. The Balaban J connectivity index is 2.16. The summed E-state index contributed by atoms with van der Waals surface area (Å²) in [6, 6.07) is 0. The van der Waals surface area contributed by atoms with Crippen LogP contribution in [-0.4, -0.2) is 25.7 Å². The second kappa shape index (κ2) is 2.82. The van der Waals surface area contributed by atoms with Gasteiger partial charge in [0.1, 0.15) is 0 Å². The molecule has 9 heavy (non-hydrogen) atoms. The normalized spacial score (nSPS) is 18.8. The van der Waals surface area contributed by atoms with Crippen molar-refractivity contribution in [3.05, 3.63) is 6.92 Å². The van der Waals surface area contributed by atoms with E-state index in [4.69, 9.17) is 0 Å². The molecular weight excluding hydrogens is 118 g/mol. The molecule has 0 aromatic heterocycles. The first kappa shape index (κ1) is 6.55. The van der Waals surface area contributed by atoms with Crippen LogP contribution in [0.15, 0.2) is 0 Å². The van der Waals surface area contributed by atoms with Gasteiger partial charge in [-0.25, -0.2) is 0 Å². The minimum Gasteiger partial charge on any atom is -0.465 e. The lowest BCUT2D eigenvalue weighted by molar-refractivity contribution is -0.148. The first-order valence-corrected chi connectivity index (χ1v) is 3.01. The van der Waals surface area contributed by atoms with E-state index in [0.29, 0.717) is 0 Å². The summed E-state index contributed by atoms with van der Waals surface area (Å²) in [6.07, 6.45) is 0. The molecule has 0 bridgehead atoms. The molecule has 0 aromatic rings. The fraction of sp³-hybridized carbons (Fsp3) is 0.667. The summed E-state index contributed by atoms with van der Waals surface area (Å²) in [7, 11) is 0. The van der Waals surface area contributed by atoms with Gasteiger partial charge in [0, 0.05) is 13.1 Å².